The van der Waals surface area contributed by atoms with Gasteiger partial charge < -0.3 is 0 Å². The Kier molecular flexibility index (Phi) is 6.32. The number of benzene rings is 1. The first-order chi connectivity index (χ1) is 8.15. The Balaban J connectivity index is 2.34. The molecule has 0 spiro atoms. The molecule has 0 aromatic heterocycles. The predicted molar refractivity (Wildman–Crippen MR) is 77.2 cm³/mol. The van der Waals surface area contributed by atoms with Crippen molar-refractivity contribution in [1.82, 2.24) is 0 Å². The number of rotatable bonds is 7. The summed E-state index contributed by atoms with van der Waals surface area (Å²) < 4.78 is 0. The van der Waals surface area contributed by atoms with Crippen LogP contribution in [0.3, 0.4) is 0 Å². The van der Waals surface area contributed by atoms with Gasteiger partial charge in [0.05, 0.1) is 0 Å². The maximum Gasteiger partial charge on any atom is -0.0279 e. The van der Waals surface area contributed by atoms with Crippen molar-refractivity contribution in [1.29, 1.82) is 0 Å². The van der Waals surface area contributed by atoms with Crippen molar-refractivity contribution in [3.05, 3.63) is 35.9 Å². The lowest BCUT2D eigenvalue weighted by Crippen LogP contribution is -2.16. The molecular weight excluding hydrogens is 204 g/mol. The molecule has 0 saturated carbocycles. The van der Waals surface area contributed by atoms with E-state index in [1.165, 1.54) is 31.2 Å². The highest BCUT2D eigenvalue weighted by molar-refractivity contribution is 5.14. The van der Waals surface area contributed by atoms with Crippen LogP contribution in [0.1, 0.15) is 52.5 Å². The van der Waals surface area contributed by atoms with E-state index in [-0.39, 0.29) is 0 Å². The summed E-state index contributed by atoms with van der Waals surface area (Å²) >= 11 is 0. The highest BCUT2D eigenvalue weighted by Crippen LogP contribution is 2.27. The first-order valence-corrected chi connectivity index (χ1v) is 7.19. The van der Waals surface area contributed by atoms with Crippen molar-refractivity contribution in [3.8, 4) is 0 Å². The Morgan fingerprint density at radius 1 is 1.00 bits per heavy atom. The normalized spacial score (nSPS) is 14.9. The molecule has 0 bridgehead atoms. The molecule has 17 heavy (non-hydrogen) atoms. The zero-order valence-electron chi connectivity index (χ0n) is 11.9. The van der Waals surface area contributed by atoms with Gasteiger partial charge in [-0.2, -0.15) is 0 Å². The van der Waals surface area contributed by atoms with E-state index in [0.29, 0.717) is 0 Å². The van der Waals surface area contributed by atoms with E-state index in [4.69, 9.17) is 0 Å². The average molecular weight is 232 g/mol. The third kappa shape index (κ3) is 4.93. The van der Waals surface area contributed by atoms with Crippen LogP contribution in [-0.2, 0) is 6.42 Å². The summed E-state index contributed by atoms with van der Waals surface area (Å²) in [4.78, 5) is 0. The molecular formula is C17H28. The zero-order valence-corrected chi connectivity index (χ0v) is 11.9. The summed E-state index contributed by atoms with van der Waals surface area (Å²) in [6.45, 7) is 9.46. The highest BCUT2D eigenvalue weighted by atomic mass is 14.2. The lowest BCUT2D eigenvalue weighted by atomic mass is 9.80. The van der Waals surface area contributed by atoms with Gasteiger partial charge in [-0.1, -0.05) is 64.4 Å². The van der Waals surface area contributed by atoms with Crippen LogP contribution in [0, 0.1) is 17.8 Å². The lowest BCUT2D eigenvalue weighted by molar-refractivity contribution is 0.251. The van der Waals surface area contributed by atoms with Crippen LogP contribution < -0.4 is 0 Å². The number of aryl methyl sites for hydroxylation is 1. The minimum absolute atomic E-state index is 0.816. The Hall–Kier alpha value is -0.780. The Bertz CT molecular complexity index is 286. The molecule has 0 amide bonds. The second-order valence-electron chi connectivity index (χ2n) is 5.65. The summed E-state index contributed by atoms with van der Waals surface area (Å²) in [6.07, 6.45) is 5.28. The summed E-state index contributed by atoms with van der Waals surface area (Å²) in [5.41, 5.74) is 1.49. The van der Waals surface area contributed by atoms with Crippen LogP contribution >= 0.6 is 0 Å². The van der Waals surface area contributed by atoms with Gasteiger partial charge in [0.15, 0.2) is 0 Å². The van der Waals surface area contributed by atoms with Crippen LogP contribution in [0.4, 0.5) is 0 Å². The Morgan fingerprint density at radius 2 is 1.65 bits per heavy atom. The summed E-state index contributed by atoms with van der Waals surface area (Å²) in [5, 5.41) is 0. The largest absolute Gasteiger partial charge is 0.0651 e. The fourth-order valence-corrected chi connectivity index (χ4v) is 2.60. The van der Waals surface area contributed by atoms with Gasteiger partial charge in [-0.05, 0) is 42.6 Å². The van der Waals surface area contributed by atoms with Gasteiger partial charge in [-0.3, -0.25) is 0 Å². The first-order valence-electron chi connectivity index (χ1n) is 7.19. The van der Waals surface area contributed by atoms with Crippen LogP contribution in [0.2, 0.25) is 0 Å². The topological polar surface area (TPSA) is 0 Å². The Labute approximate surface area is 107 Å². The van der Waals surface area contributed by atoms with Crippen molar-refractivity contribution >= 4 is 0 Å². The monoisotopic (exact) mass is 232 g/mol. The van der Waals surface area contributed by atoms with Crippen molar-refractivity contribution in [3.63, 3.8) is 0 Å². The highest BCUT2D eigenvalue weighted by Gasteiger charge is 2.17. The smallest absolute Gasteiger partial charge is 0.0279 e. The van der Waals surface area contributed by atoms with E-state index >= 15 is 0 Å². The van der Waals surface area contributed by atoms with E-state index < -0.39 is 0 Å². The third-order valence-corrected chi connectivity index (χ3v) is 4.20. The molecule has 2 atom stereocenters. The molecule has 0 heterocycles. The molecule has 1 aromatic rings. The van der Waals surface area contributed by atoms with Crippen molar-refractivity contribution < 1.29 is 0 Å². The minimum atomic E-state index is 0.816. The van der Waals surface area contributed by atoms with Crippen molar-refractivity contribution in [2.24, 2.45) is 17.8 Å². The molecule has 0 aliphatic carbocycles. The lowest BCUT2D eigenvalue weighted by Gasteiger charge is -2.26. The molecule has 0 nitrogen and oxygen atoms in total. The average Bonchev–Trinajstić information content (AvgIpc) is 2.35. The van der Waals surface area contributed by atoms with E-state index in [0.717, 1.165) is 17.8 Å². The second kappa shape index (κ2) is 7.53. The standard InChI is InChI=1S/C17H28/c1-5-17(15(4)14(2)3)13-9-12-16-10-7-6-8-11-16/h6-8,10-11,14-15,17H,5,9,12-13H2,1-4H3. The molecule has 1 aromatic carbocycles. The van der Waals surface area contributed by atoms with E-state index in [1.807, 2.05) is 0 Å². The molecule has 96 valence electrons. The van der Waals surface area contributed by atoms with E-state index in [1.54, 1.807) is 0 Å². The van der Waals surface area contributed by atoms with Gasteiger partial charge in [-0.15, -0.1) is 0 Å². The van der Waals surface area contributed by atoms with E-state index in [9.17, 15) is 0 Å². The number of hydrogen-bond acceptors (Lipinski definition) is 0. The van der Waals surface area contributed by atoms with Gasteiger partial charge in [0.1, 0.15) is 0 Å². The predicted octanol–water partition coefficient (Wildman–Crippen LogP) is 5.33. The van der Waals surface area contributed by atoms with E-state index in [2.05, 4.69) is 58.0 Å². The molecule has 0 radical (unpaired) electrons. The van der Waals surface area contributed by atoms with Crippen LogP contribution in [0.15, 0.2) is 30.3 Å². The maximum atomic E-state index is 2.42. The van der Waals surface area contributed by atoms with Crippen molar-refractivity contribution in [2.75, 3.05) is 0 Å². The summed E-state index contributed by atoms with van der Waals surface area (Å²) in [7, 11) is 0. The molecule has 0 fully saturated rings. The fourth-order valence-electron chi connectivity index (χ4n) is 2.60. The first kappa shape index (κ1) is 14.3. The molecule has 1 rings (SSSR count). The second-order valence-corrected chi connectivity index (χ2v) is 5.65. The molecule has 0 saturated heterocycles. The molecule has 0 N–H and O–H groups in total. The Morgan fingerprint density at radius 3 is 2.18 bits per heavy atom. The summed E-state index contributed by atoms with van der Waals surface area (Å²) in [5.74, 6) is 2.58. The van der Waals surface area contributed by atoms with Gasteiger partial charge >= 0.3 is 0 Å². The quantitative estimate of drug-likeness (QED) is 0.596. The van der Waals surface area contributed by atoms with Crippen LogP contribution in [0.5, 0.6) is 0 Å². The molecule has 0 heteroatoms. The summed E-state index contributed by atoms with van der Waals surface area (Å²) in [6, 6.07) is 10.9. The van der Waals surface area contributed by atoms with Gasteiger partial charge in [0.25, 0.3) is 0 Å². The van der Waals surface area contributed by atoms with Gasteiger partial charge in [0.2, 0.25) is 0 Å². The minimum Gasteiger partial charge on any atom is -0.0651 e. The number of hydrogen-bond donors (Lipinski definition) is 0. The third-order valence-electron chi connectivity index (χ3n) is 4.20. The van der Waals surface area contributed by atoms with Gasteiger partial charge in [-0.25, -0.2) is 0 Å². The molecule has 2 unspecified atom stereocenters. The zero-order chi connectivity index (χ0) is 12.7. The van der Waals surface area contributed by atoms with Crippen LogP contribution in [-0.4, -0.2) is 0 Å². The van der Waals surface area contributed by atoms with Crippen LogP contribution in [0.25, 0.3) is 0 Å². The molecule has 0 aliphatic rings. The molecule has 0 aliphatic heterocycles. The van der Waals surface area contributed by atoms with Crippen molar-refractivity contribution in [2.45, 2.75) is 53.4 Å². The van der Waals surface area contributed by atoms with Gasteiger partial charge in [0, 0.05) is 0 Å². The maximum absolute atomic E-state index is 2.42. The fraction of sp³-hybridized carbons (Fsp3) is 0.647. The SMILES string of the molecule is CCC(CCCc1ccccc1)C(C)C(C)C.